The van der Waals surface area contributed by atoms with E-state index in [4.69, 9.17) is 4.98 Å². The second-order valence-corrected chi connectivity index (χ2v) is 15.8. The minimum absolute atomic E-state index is 0.791. The largest absolute Gasteiger partial charge is 0.309 e. The van der Waals surface area contributed by atoms with Gasteiger partial charge in [0.25, 0.3) is 0 Å². The Morgan fingerprint density at radius 2 is 0.784 bits per heavy atom. The summed E-state index contributed by atoms with van der Waals surface area (Å²) in [7, 11) is -3.01. The predicted molar refractivity (Wildman–Crippen MR) is 215 cm³/mol. The second-order valence-electron chi connectivity index (χ2n) is 13.0. The van der Waals surface area contributed by atoms with E-state index in [1.54, 1.807) is 0 Å². The number of aryl methyl sites for hydroxylation is 2. The van der Waals surface area contributed by atoms with Gasteiger partial charge in [0.2, 0.25) is 0 Å². The van der Waals surface area contributed by atoms with Gasteiger partial charge in [-0.2, -0.15) is 0 Å². The quantitative estimate of drug-likeness (QED) is 0.158. The smallest absolute Gasteiger partial charge is 0.171 e. The first kappa shape index (κ1) is 32.3. The first-order valence-electron chi connectivity index (χ1n) is 17.3. The van der Waals surface area contributed by atoms with Crippen LogP contribution in [0.15, 0.2) is 170 Å². The molecule has 0 bridgehead atoms. The Balaban J connectivity index is 1.09. The molecule has 4 heteroatoms. The van der Waals surface area contributed by atoms with Crippen molar-refractivity contribution in [2.45, 2.75) is 20.8 Å². The van der Waals surface area contributed by atoms with Gasteiger partial charge < -0.3 is 4.57 Å². The van der Waals surface area contributed by atoms with Crippen LogP contribution in [0.5, 0.6) is 0 Å². The minimum atomic E-state index is -3.01. The lowest BCUT2D eigenvalue weighted by Gasteiger charge is -2.20. The van der Waals surface area contributed by atoms with Crippen molar-refractivity contribution in [2.75, 3.05) is 0 Å². The van der Waals surface area contributed by atoms with Crippen LogP contribution in [0.25, 0.3) is 55.4 Å². The third-order valence-corrected chi connectivity index (χ3v) is 13.0. The van der Waals surface area contributed by atoms with Crippen LogP contribution in [-0.2, 0) is 4.57 Å². The summed E-state index contributed by atoms with van der Waals surface area (Å²) in [5.74, 6) is 0.791. The van der Waals surface area contributed by atoms with Crippen LogP contribution in [0, 0.1) is 20.8 Å². The molecule has 246 valence electrons. The molecule has 3 nitrogen and oxygen atoms in total. The average Bonchev–Trinajstić information content (AvgIpc) is 3.19. The molecule has 0 fully saturated rings. The van der Waals surface area contributed by atoms with Crippen molar-refractivity contribution in [3.63, 3.8) is 0 Å². The molecule has 0 aliphatic heterocycles. The number of nitrogens with zero attached hydrogens (tertiary/aromatic N) is 2. The van der Waals surface area contributed by atoms with E-state index < -0.39 is 7.14 Å². The lowest BCUT2D eigenvalue weighted by molar-refractivity contribution is 0.592. The molecule has 0 amide bonds. The Labute approximate surface area is 299 Å². The molecule has 8 rings (SSSR count). The number of benzene rings is 7. The maximum atomic E-state index is 14.8. The number of aromatic nitrogens is 2. The summed E-state index contributed by atoms with van der Waals surface area (Å²) in [4.78, 5) is 9.26. The maximum Gasteiger partial charge on any atom is 0.171 e. The van der Waals surface area contributed by atoms with Gasteiger partial charge in [0, 0.05) is 27.2 Å². The molecular weight excluding hydrogens is 640 g/mol. The standard InChI is InChI=1S/C47H37N2OP/c1-32-33(2)48-34(3)49-47(32)39-24-22-38(23-25-39)44-31-30-43(45-16-10-11-17-46(44)45)37-20-18-35(19-21-37)36-26-28-42(29-27-36)51(50,40-12-6-4-7-13-40)41-14-8-5-9-15-41/h4-31H,1-3H3. The number of hydrogen-bond donors (Lipinski definition) is 0. The van der Waals surface area contributed by atoms with Gasteiger partial charge in [-0.15, -0.1) is 0 Å². The van der Waals surface area contributed by atoms with Gasteiger partial charge in [-0.1, -0.05) is 170 Å². The van der Waals surface area contributed by atoms with Crippen molar-refractivity contribution in [2.24, 2.45) is 0 Å². The van der Waals surface area contributed by atoms with Crippen molar-refractivity contribution in [3.05, 3.63) is 187 Å². The Morgan fingerprint density at radius 3 is 1.27 bits per heavy atom. The topological polar surface area (TPSA) is 42.9 Å². The third-order valence-electron chi connectivity index (χ3n) is 9.89. The van der Waals surface area contributed by atoms with Crippen LogP contribution < -0.4 is 15.9 Å². The van der Waals surface area contributed by atoms with E-state index in [0.29, 0.717) is 0 Å². The zero-order valence-electron chi connectivity index (χ0n) is 28.9. The molecule has 0 saturated heterocycles. The van der Waals surface area contributed by atoms with Gasteiger partial charge in [-0.25, -0.2) is 9.97 Å². The van der Waals surface area contributed by atoms with Gasteiger partial charge in [0.05, 0.1) is 5.69 Å². The summed E-state index contributed by atoms with van der Waals surface area (Å²) in [6, 6.07) is 58.5. The lowest BCUT2D eigenvalue weighted by Crippen LogP contribution is -2.24. The molecule has 0 spiro atoms. The molecule has 0 aliphatic rings. The first-order valence-corrected chi connectivity index (χ1v) is 19.0. The fraction of sp³-hybridized carbons (Fsp3) is 0.0638. The number of hydrogen-bond acceptors (Lipinski definition) is 3. The molecule has 51 heavy (non-hydrogen) atoms. The minimum Gasteiger partial charge on any atom is -0.309 e. The van der Waals surface area contributed by atoms with E-state index in [0.717, 1.165) is 60.9 Å². The van der Waals surface area contributed by atoms with Crippen LogP contribution in [-0.4, -0.2) is 9.97 Å². The van der Waals surface area contributed by atoms with Crippen LogP contribution in [0.3, 0.4) is 0 Å². The molecule has 0 atom stereocenters. The van der Waals surface area contributed by atoms with Gasteiger partial charge in [0.15, 0.2) is 7.14 Å². The van der Waals surface area contributed by atoms with Crippen molar-refractivity contribution >= 4 is 33.8 Å². The summed E-state index contributed by atoms with van der Waals surface area (Å²) >= 11 is 0. The summed E-state index contributed by atoms with van der Waals surface area (Å²) in [6.45, 7) is 6.08. The molecule has 0 radical (unpaired) electrons. The number of rotatable bonds is 7. The van der Waals surface area contributed by atoms with Crippen molar-refractivity contribution in [1.82, 2.24) is 9.97 Å². The summed E-state index contributed by atoms with van der Waals surface area (Å²) in [5.41, 5.74) is 11.2. The van der Waals surface area contributed by atoms with E-state index in [1.807, 2.05) is 86.6 Å². The van der Waals surface area contributed by atoms with Gasteiger partial charge >= 0.3 is 0 Å². The lowest BCUT2D eigenvalue weighted by atomic mass is 9.91. The highest BCUT2D eigenvalue weighted by atomic mass is 31.2. The molecule has 7 aromatic carbocycles. The number of fused-ring (bicyclic) bond motifs is 1. The Morgan fingerprint density at radius 1 is 0.392 bits per heavy atom. The van der Waals surface area contributed by atoms with Crippen molar-refractivity contribution < 1.29 is 4.57 Å². The molecule has 8 aromatic rings. The zero-order chi connectivity index (χ0) is 35.0. The SMILES string of the molecule is Cc1nc(C)c(C)c(-c2ccc(-c3ccc(-c4ccc(-c5ccc(P(=O)(c6ccccc6)c6ccccc6)cc5)cc4)c4ccccc34)cc2)n1. The zero-order valence-corrected chi connectivity index (χ0v) is 29.8. The maximum absolute atomic E-state index is 14.8. The van der Waals surface area contributed by atoms with Crippen LogP contribution in [0.4, 0.5) is 0 Å². The average molecular weight is 677 g/mol. The Bertz CT molecular complexity index is 2500. The van der Waals surface area contributed by atoms with Crippen LogP contribution in [0.1, 0.15) is 17.1 Å². The van der Waals surface area contributed by atoms with Crippen molar-refractivity contribution in [3.8, 4) is 44.6 Å². The highest BCUT2D eigenvalue weighted by molar-refractivity contribution is 7.85. The fourth-order valence-electron chi connectivity index (χ4n) is 7.09. The van der Waals surface area contributed by atoms with Crippen LogP contribution >= 0.6 is 7.14 Å². The Hall–Kier alpha value is -5.89. The van der Waals surface area contributed by atoms with E-state index >= 15 is 0 Å². The van der Waals surface area contributed by atoms with Crippen LogP contribution in [0.2, 0.25) is 0 Å². The van der Waals surface area contributed by atoms with E-state index in [1.165, 1.54) is 27.5 Å². The molecule has 0 N–H and O–H groups in total. The van der Waals surface area contributed by atoms with Gasteiger partial charge in [-0.05, 0) is 70.5 Å². The fourth-order valence-corrected chi connectivity index (χ4v) is 9.74. The second kappa shape index (κ2) is 13.4. The Kier molecular flexibility index (Phi) is 8.52. The predicted octanol–water partition coefficient (Wildman–Crippen LogP) is 10.9. The molecule has 1 aromatic heterocycles. The normalized spacial score (nSPS) is 11.5. The molecule has 0 saturated carbocycles. The van der Waals surface area contributed by atoms with E-state index in [9.17, 15) is 4.57 Å². The molecule has 1 heterocycles. The molecule has 0 aliphatic carbocycles. The van der Waals surface area contributed by atoms with Gasteiger partial charge in [-0.3, -0.25) is 0 Å². The van der Waals surface area contributed by atoms with E-state index in [2.05, 4.69) is 109 Å². The van der Waals surface area contributed by atoms with E-state index in [-0.39, 0.29) is 0 Å². The summed E-state index contributed by atoms with van der Waals surface area (Å²) in [6.07, 6.45) is 0. The third kappa shape index (κ3) is 6.01. The molecule has 0 unspecified atom stereocenters. The van der Waals surface area contributed by atoms with Gasteiger partial charge in [0.1, 0.15) is 5.82 Å². The summed E-state index contributed by atoms with van der Waals surface area (Å²) in [5, 5.41) is 4.94. The molecular formula is C47H37N2OP. The monoisotopic (exact) mass is 676 g/mol. The first-order chi connectivity index (χ1) is 24.9. The van der Waals surface area contributed by atoms with Crippen molar-refractivity contribution in [1.29, 1.82) is 0 Å². The highest BCUT2D eigenvalue weighted by Crippen LogP contribution is 2.43. The summed E-state index contributed by atoms with van der Waals surface area (Å²) < 4.78 is 14.8. The highest BCUT2D eigenvalue weighted by Gasteiger charge is 2.29.